The summed E-state index contributed by atoms with van der Waals surface area (Å²) in [4.78, 5) is 0. The number of rotatable bonds is 7. The first-order valence-corrected chi connectivity index (χ1v) is 6.57. The average Bonchev–Trinajstić information content (AvgIpc) is 2.84. The van der Waals surface area contributed by atoms with Crippen LogP contribution < -0.4 is 0 Å². The minimum Gasteiger partial charge on any atom is -0.0628 e. The second-order valence-electron chi connectivity index (χ2n) is 6.01. The SMILES string of the molecule is CC(C)CCCCCC1(C(C)C)CC1. The van der Waals surface area contributed by atoms with Gasteiger partial charge in [0.2, 0.25) is 0 Å². The fourth-order valence-electron chi connectivity index (χ4n) is 2.48. The minimum atomic E-state index is 0.790. The van der Waals surface area contributed by atoms with Gasteiger partial charge in [-0.05, 0) is 36.5 Å². The molecule has 0 radical (unpaired) electrons. The van der Waals surface area contributed by atoms with Crippen LogP contribution in [0.5, 0.6) is 0 Å². The largest absolute Gasteiger partial charge is 0.0628 e. The van der Waals surface area contributed by atoms with Gasteiger partial charge in [-0.25, -0.2) is 0 Å². The van der Waals surface area contributed by atoms with Gasteiger partial charge in [-0.3, -0.25) is 0 Å². The third kappa shape index (κ3) is 3.63. The van der Waals surface area contributed by atoms with E-state index >= 15 is 0 Å². The van der Waals surface area contributed by atoms with Gasteiger partial charge in [0, 0.05) is 0 Å². The molecule has 0 N–H and O–H groups in total. The van der Waals surface area contributed by atoms with Crippen molar-refractivity contribution in [2.45, 2.75) is 72.6 Å². The molecule has 84 valence electrons. The van der Waals surface area contributed by atoms with E-state index in [-0.39, 0.29) is 0 Å². The van der Waals surface area contributed by atoms with Gasteiger partial charge in [0.15, 0.2) is 0 Å². The molecule has 0 amide bonds. The van der Waals surface area contributed by atoms with Crippen molar-refractivity contribution in [2.75, 3.05) is 0 Å². The van der Waals surface area contributed by atoms with E-state index in [4.69, 9.17) is 0 Å². The normalized spacial score (nSPS) is 19.3. The summed E-state index contributed by atoms with van der Waals surface area (Å²) < 4.78 is 0. The Kier molecular flexibility index (Phi) is 4.47. The number of hydrogen-bond donors (Lipinski definition) is 0. The molecule has 0 saturated heterocycles. The van der Waals surface area contributed by atoms with Gasteiger partial charge >= 0.3 is 0 Å². The maximum absolute atomic E-state index is 2.40. The summed E-state index contributed by atoms with van der Waals surface area (Å²) in [5, 5.41) is 0. The minimum absolute atomic E-state index is 0.790. The smallest absolute Gasteiger partial charge is 0.0274 e. The predicted octanol–water partition coefficient (Wildman–Crippen LogP) is 5.03. The highest BCUT2D eigenvalue weighted by Crippen LogP contribution is 2.55. The second kappa shape index (κ2) is 5.19. The van der Waals surface area contributed by atoms with Gasteiger partial charge in [-0.2, -0.15) is 0 Å². The highest BCUT2D eigenvalue weighted by Gasteiger charge is 2.44. The van der Waals surface area contributed by atoms with E-state index in [2.05, 4.69) is 27.7 Å². The van der Waals surface area contributed by atoms with Crippen molar-refractivity contribution in [3.05, 3.63) is 0 Å². The van der Waals surface area contributed by atoms with Crippen LogP contribution in [0, 0.1) is 17.3 Å². The maximum Gasteiger partial charge on any atom is -0.0274 e. The summed E-state index contributed by atoms with van der Waals surface area (Å²) in [5.74, 6) is 1.82. The van der Waals surface area contributed by atoms with Gasteiger partial charge in [0.05, 0.1) is 0 Å². The molecule has 1 aliphatic rings. The Morgan fingerprint density at radius 2 is 1.57 bits per heavy atom. The molecule has 0 heteroatoms. The predicted molar refractivity (Wildman–Crippen MR) is 64.4 cm³/mol. The highest BCUT2D eigenvalue weighted by molar-refractivity contribution is 4.94. The van der Waals surface area contributed by atoms with Crippen LogP contribution in [0.3, 0.4) is 0 Å². The topological polar surface area (TPSA) is 0 Å². The highest BCUT2D eigenvalue weighted by atomic mass is 14.5. The number of hydrogen-bond acceptors (Lipinski definition) is 0. The molecule has 1 saturated carbocycles. The fraction of sp³-hybridized carbons (Fsp3) is 1.00. The Balaban J connectivity index is 1.99. The van der Waals surface area contributed by atoms with Crippen LogP contribution >= 0.6 is 0 Å². The molecule has 0 nitrogen and oxygen atoms in total. The van der Waals surface area contributed by atoms with E-state index in [1.54, 1.807) is 0 Å². The van der Waals surface area contributed by atoms with E-state index in [1.807, 2.05) is 0 Å². The number of unbranched alkanes of at least 4 members (excludes halogenated alkanes) is 2. The second-order valence-corrected chi connectivity index (χ2v) is 6.01. The van der Waals surface area contributed by atoms with Gasteiger partial charge in [0.25, 0.3) is 0 Å². The van der Waals surface area contributed by atoms with Crippen LogP contribution in [-0.4, -0.2) is 0 Å². The quantitative estimate of drug-likeness (QED) is 0.501. The van der Waals surface area contributed by atoms with Crippen molar-refractivity contribution in [3.63, 3.8) is 0 Å². The molecule has 14 heavy (non-hydrogen) atoms. The average molecular weight is 196 g/mol. The summed E-state index contributed by atoms with van der Waals surface area (Å²) in [5.41, 5.74) is 0.790. The molecule has 1 fully saturated rings. The molecular formula is C14H28. The third-order valence-electron chi connectivity index (χ3n) is 4.07. The molecule has 0 aromatic rings. The fourth-order valence-corrected chi connectivity index (χ4v) is 2.48. The van der Waals surface area contributed by atoms with Crippen LogP contribution in [-0.2, 0) is 0 Å². The lowest BCUT2D eigenvalue weighted by Crippen LogP contribution is -2.08. The lowest BCUT2D eigenvalue weighted by Gasteiger charge is -2.19. The molecule has 0 aromatic carbocycles. The summed E-state index contributed by atoms with van der Waals surface area (Å²) in [6.45, 7) is 9.47. The summed E-state index contributed by atoms with van der Waals surface area (Å²) in [7, 11) is 0. The van der Waals surface area contributed by atoms with Crippen molar-refractivity contribution in [2.24, 2.45) is 17.3 Å². The Morgan fingerprint density at radius 3 is 2.00 bits per heavy atom. The van der Waals surface area contributed by atoms with Crippen LogP contribution in [0.2, 0.25) is 0 Å². The van der Waals surface area contributed by atoms with Gasteiger partial charge in [-0.15, -0.1) is 0 Å². The molecule has 0 spiro atoms. The Hall–Kier alpha value is 0. The molecule has 0 aliphatic heterocycles. The monoisotopic (exact) mass is 196 g/mol. The van der Waals surface area contributed by atoms with Crippen molar-refractivity contribution in [1.29, 1.82) is 0 Å². The molecule has 0 atom stereocenters. The lowest BCUT2D eigenvalue weighted by molar-refractivity contribution is 0.318. The zero-order chi connectivity index (χ0) is 10.6. The van der Waals surface area contributed by atoms with E-state index in [1.165, 1.54) is 44.9 Å². The van der Waals surface area contributed by atoms with Crippen LogP contribution in [0.15, 0.2) is 0 Å². The third-order valence-corrected chi connectivity index (χ3v) is 4.07. The lowest BCUT2D eigenvalue weighted by atomic mass is 9.87. The first-order valence-electron chi connectivity index (χ1n) is 6.57. The molecule has 0 aromatic heterocycles. The Bertz CT molecular complexity index is 151. The zero-order valence-corrected chi connectivity index (χ0v) is 10.6. The van der Waals surface area contributed by atoms with Crippen molar-refractivity contribution in [1.82, 2.24) is 0 Å². The Morgan fingerprint density at radius 1 is 0.929 bits per heavy atom. The molecule has 0 bridgehead atoms. The summed E-state index contributed by atoms with van der Waals surface area (Å²) in [6, 6.07) is 0. The van der Waals surface area contributed by atoms with E-state index in [0.29, 0.717) is 0 Å². The van der Waals surface area contributed by atoms with Gasteiger partial charge in [0.1, 0.15) is 0 Å². The van der Waals surface area contributed by atoms with Crippen molar-refractivity contribution < 1.29 is 0 Å². The van der Waals surface area contributed by atoms with Crippen LogP contribution in [0.4, 0.5) is 0 Å². The molecule has 1 aliphatic carbocycles. The van der Waals surface area contributed by atoms with Crippen molar-refractivity contribution in [3.8, 4) is 0 Å². The van der Waals surface area contributed by atoms with Crippen LogP contribution in [0.1, 0.15) is 72.6 Å². The first kappa shape index (κ1) is 12.1. The Labute approximate surface area is 90.5 Å². The van der Waals surface area contributed by atoms with E-state index < -0.39 is 0 Å². The zero-order valence-electron chi connectivity index (χ0n) is 10.6. The van der Waals surface area contributed by atoms with Crippen LogP contribution in [0.25, 0.3) is 0 Å². The molecule has 1 rings (SSSR count). The first-order chi connectivity index (χ1) is 6.57. The summed E-state index contributed by atoms with van der Waals surface area (Å²) in [6.07, 6.45) is 10.3. The standard InChI is InChI=1S/C14H28/c1-12(2)8-6-5-7-9-14(10-11-14)13(3)4/h12-13H,5-11H2,1-4H3. The summed E-state index contributed by atoms with van der Waals surface area (Å²) >= 11 is 0. The molecule has 0 heterocycles. The molecular weight excluding hydrogens is 168 g/mol. The van der Waals surface area contributed by atoms with E-state index in [9.17, 15) is 0 Å². The maximum atomic E-state index is 2.40. The molecule has 0 unspecified atom stereocenters. The van der Waals surface area contributed by atoms with Gasteiger partial charge < -0.3 is 0 Å². The van der Waals surface area contributed by atoms with Crippen molar-refractivity contribution >= 4 is 0 Å². The van der Waals surface area contributed by atoms with E-state index in [0.717, 1.165) is 17.3 Å². The van der Waals surface area contributed by atoms with Gasteiger partial charge in [-0.1, -0.05) is 53.4 Å².